The lowest BCUT2D eigenvalue weighted by atomic mass is 9.94. The third-order valence-electron chi connectivity index (χ3n) is 15.4. The average Bonchev–Trinajstić information content (AvgIpc) is 3.98. The van der Waals surface area contributed by atoms with Crippen molar-refractivity contribution in [3.8, 4) is 83.6 Å². The highest BCUT2D eigenvalue weighted by Gasteiger charge is 2.22. The van der Waals surface area contributed by atoms with Gasteiger partial charge in [-0.15, -0.1) is 0 Å². The van der Waals surface area contributed by atoms with Crippen molar-refractivity contribution in [2.75, 3.05) is 0 Å². The Kier molecular flexibility index (Phi) is 12.3. The van der Waals surface area contributed by atoms with Gasteiger partial charge in [0.25, 0.3) is 0 Å². The number of para-hydroxylation sites is 2. The molecular formula is C76H53N3. The molecule has 0 aliphatic carbocycles. The molecule has 0 amide bonds. The lowest BCUT2D eigenvalue weighted by Gasteiger charge is -2.25. The van der Waals surface area contributed by atoms with Crippen molar-refractivity contribution in [3.63, 3.8) is 0 Å². The van der Waals surface area contributed by atoms with Crippen LogP contribution in [-0.2, 0) is 0 Å². The summed E-state index contributed by atoms with van der Waals surface area (Å²) in [4.78, 5) is 5.44. The van der Waals surface area contributed by atoms with Crippen molar-refractivity contribution in [2.45, 2.75) is 6.04 Å². The fourth-order valence-electron chi connectivity index (χ4n) is 11.4. The fourth-order valence-corrected chi connectivity index (χ4v) is 11.4. The summed E-state index contributed by atoms with van der Waals surface area (Å²) in [6.45, 7) is 0. The Bertz CT molecular complexity index is 4380. The Morgan fingerprint density at radius 3 is 1.10 bits per heavy atom. The highest BCUT2D eigenvalue weighted by Crippen LogP contribution is 2.37. The summed E-state index contributed by atoms with van der Waals surface area (Å²) in [6.07, 6.45) is 2.28. The number of hydrogen-bond acceptors (Lipinski definition) is 2. The van der Waals surface area contributed by atoms with Gasteiger partial charge >= 0.3 is 0 Å². The first-order chi connectivity index (χ1) is 39.1. The maximum Gasteiger partial charge on any atom is 0.134 e. The van der Waals surface area contributed by atoms with Crippen LogP contribution in [-0.4, -0.2) is 10.4 Å². The Balaban J connectivity index is 0.786. The molecule has 13 aromatic rings. The van der Waals surface area contributed by atoms with Crippen LogP contribution >= 0.6 is 0 Å². The number of fused-ring (bicyclic) bond motifs is 3. The van der Waals surface area contributed by atoms with Crippen LogP contribution in [0.15, 0.2) is 314 Å². The second-order valence-electron chi connectivity index (χ2n) is 20.4. The Morgan fingerprint density at radius 2 is 0.608 bits per heavy atom. The van der Waals surface area contributed by atoms with E-state index >= 15 is 0 Å². The molecule has 1 aromatic heterocycles. The van der Waals surface area contributed by atoms with Crippen LogP contribution in [0.4, 0.5) is 0 Å². The molecule has 3 nitrogen and oxygen atoms in total. The van der Waals surface area contributed by atoms with Crippen molar-refractivity contribution >= 4 is 33.3 Å². The molecule has 3 heteroatoms. The lowest BCUT2D eigenvalue weighted by molar-refractivity contribution is 0.781. The minimum atomic E-state index is -0.151. The van der Waals surface area contributed by atoms with E-state index in [9.17, 15) is 0 Å². The molecule has 14 rings (SSSR count). The quantitative estimate of drug-likeness (QED) is 0.137. The van der Waals surface area contributed by atoms with E-state index < -0.39 is 0 Å². The number of rotatable bonds is 11. The first-order valence-electron chi connectivity index (χ1n) is 27.1. The summed E-state index contributed by atoms with van der Waals surface area (Å²) < 4.78 is 2.38. The van der Waals surface area contributed by atoms with Gasteiger partial charge in [-0.05, 0) is 144 Å². The topological polar surface area (TPSA) is 29.3 Å². The van der Waals surface area contributed by atoms with Gasteiger partial charge in [-0.25, -0.2) is 4.99 Å². The van der Waals surface area contributed by atoms with E-state index in [0.717, 1.165) is 61.7 Å². The van der Waals surface area contributed by atoms with Crippen molar-refractivity contribution in [2.24, 2.45) is 4.99 Å². The average molecular weight is 1010 g/mol. The van der Waals surface area contributed by atoms with Crippen LogP contribution in [0.1, 0.15) is 22.7 Å². The van der Waals surface area contributed by atoms with E-state index in [1.54, 1.807) is 0 Å². The molecule has 0 spiro atoms. The smallest absolute Gasteiger partial charge is 0.134 e. The number of benzene rings is 12. The number of nitrogens with zero attached hydrogens (tertiary/aromatic N) is 2. The van der Waals surface area contributed by atoms with E-state index in [4.69, 9.17) is 4.99 Å². The van der Waals surface area contributed by atoms with E-state index in [1.807, 2.05) is 0 Å². The predicted molar refractivity (Wildman–Crippen MR) is 332 cm³/mol. The van der Waals surface area contributed by atoms with Gasteiger partial charge in [0.1, 0.15) is 5.84 Å². The second-order valence-corrected chi connectivity index (χ2v) is 20.4. The zero-order valence-electron chi connectivity index (χ0n) is 43.4. The van der Waals surface area contributed by atoms with Crippen molar-refractivity contribution in [3.05, 3.63) is 326 Å². The molecule has 0 bridgehead atoms. The molecule has 1 atom stereocenters. The van der Waals surface area contributed by atoms with Crippen LogP contribution in [0.3, 0.4) is 0 Å². The lowest BCUT2D eigenvalue weighted by Crippen LogP contribution is -2.31. The van der Waals surface area contributed by atoms with Crippen LogP contribution in [0, 0.1) is 0 Å². The monoisotopic (exact) mass is 1010 g/mol. The summed E-state index contributed by atoms with van der Waals surface area (Å²) in [5, 5.41) is 6.39. The summed E-state index contributed by atoms with van der Waals surface area (Å²) in [7, 11) is 0. The van der Waals surface area contributed by atoms with Crippen molar-refractivity contribution in [1.82, 2.24) is 9.88 Å². The van der Waals surface area contributed by atoms with E-state index in [-0.39, 0.29) is 6.04 Å². The maximum atomic E-state index is 5.44. The molecule has 0 fully saturated rings. The highest BCUT2D eigenvalue weighted by molar-refractivity contribution is 6.09. The van der Waals surface area contributed by atoms with Gasteiger partial charge in [0.15, 0.2) is 0 Å². The van der Waals surface area contributed by atoms with E-state index in [2.05, 4.69) is 319 Å². The number of aliphatic imine (C=N–C) groups is 1. The summed E-state index contributed by atoms with van der Waals surface area (Å²) in [5.41, 5.74) is 24.2. The first-order valence-corrected chi connectivity index (χ1v) is 27.1. The molecule has 0 saturated heterocycles. The number of aromatic nitrogens is 1. The highest BCUT2D eigenvalue weighted by atomic mass is 15.0. The maximum absolute atomic E-state index is 5.44. The summed E-state index contributed by atoms with van der Waals surface area (Å²) >= 11 is 0. The molecular weight excluding hydrogens is 955 g/mol. The number of nitrogens with one attached hydrogen (secondary N) is 1. The summed E-state index contributed by atoms with van der Waals surface area (Å²) in [6, 6.07) is 109. The van der Waals surface area contributed by atoms with Crippen LogP contribution in [0.2, 0.25) is 0 Å². The number of amidine groups is 1. The fraction of sp³-hybridized carbons (Fsp3) is 0.0132. The Hall–Kier alpha value is -10.4. The SMILES string of the molecule is C1=C(c2cccc(-c3ccc(-c4cccc(-c5cccc(-c6ccccc6)c5)c4)cc3)c2)N=C(c2ccc(-c3cccc(-n4c5ccccc5c5ccccc54)c3)cc2)NC1c1cccc(-c2cccc(-c3ccccc3)c2)c1. The first kappa shape index (κ1) is 47.1. The zero-order valence-corrected chi connectivity index (χ0v) is 43.4. The largest absolute Gasteiger partial charge is 0.359 e. The Morgan fingerprint density at radius 1 is 0.266 bits per heavy atom. The van der Waals surface area contributed by atoms with Crippen LogP contribution in [0.5, 0.6) is 0 Å². The predicted octanol–water partition coefficient (Wildman–Crippen LogP) is 19.6. The van der Waals surface area contributed by atoms with Crippen molar-refractivity contribution < 1.29 is 0 Å². The van der Waals surface area contributed by atoms with Crippen LogP contribution in [0.25, 0.3) is 111 Å². The molecule has 2 heterocycles. The van der Waals surface area contributed by atoms with Gasteiger partial charge in [0, 0.05) is 27.6 Å². The summed E-state index contributed by atoms with van der Waals surface area (Å²) in [5.74, 6) is 0.827. The zero-order chi connectivity index (χ0) is 52.5. The van der Waals surface area contributed by atoms with Gasteiger partial charge in [-0.3, -0.25) is 0 Å². The molecule has 0 radical (unpaired) electrons. The molecule has 1 N–H and O–H groups in total. The van der Waals surface area contributed by atoms with Gasteiger partial charge in [-0.1, -0.05) is 249 Å². The van der Waals surface area contributed by atoms with Crippen molar-refractivity contribution in [1.29, 1.82) is 0 Å². The Labute approximate surface area is 461 Å². The van der Waals surface area contributed by atoms with Gasteiger partial charge in [0.05, 0.1) is 22.8 Å². The van der Waals surface area contributed by atoms with Gasteiger partial charge in [0.2, 0.25) is 0 Å². The van der Waals surface area contributed by atoms with E-state index in [0.29, 0.717) is 0 Å². The number of hydrogen-bond donors (Lipinski definition) is 1. The molecule has 1 aliphatic rings. The van der Waals surface area contributed by atoms with Crippen LogP contribution < -0.4 is 5.32 Å². The van der Waals surface area contributed by atoms with Gasteiger partial charge in [-0.2, -0.15) is 0 Å². The van der Waals surface area contributed by atoms with Gasteiger partial charge < -0.3 is 9.88 Å². The molecule has 0 saturated carbocycles. The second kappa shape index (κ2) is 20.6. The van der Waals surface area contributed by atoms with E-state index in [1.165, 1.54) is 71.9 Å². The third-order valence-corrected chi connectivity index (χ3v) is 15.4. The molecule has 372 valence electrons. The third kappa shape index (κ3) is 9.45. The minimum Gasteiger partial charge on any atom is -0.359 e. The molecule has 12 aromatic carbocycles. The minimum absolute atomic E-state index is 0.151. The molecule has 1 unspecified atom stereocenters. The molecule has 1 aliphatic heterocycles. The normalized spacial score (nSPS) is 13.2. The standard InChI is InChI=1S/C76H53N3/c1-3-17-52(18-4-1)58-21-11-25-62(45-58)63-26-13-23-60(47-63)54-37-39-55(40-38-54)61-24-14-30-67(48-61)72-51-73(68-31-15-28-65(49-68)64-27-12-22-59(46-64)53-19-5-2-6-20-53)78-76(77-72)57-43-41-56(42-44-57)66-29-16-32-69(50-66)79-74-35-9-7-33-70(74)71-34-8-10-36-75(71)79/h1-51,73H,(H,77,78). The molecule has 79 heavy (non-hydrogen) atoms.